The number of anilines is 1. The maximum atomic E-state index is 5.88. The summed E-state index contributed by atoms with van der Waals surface area (Å²) in [5.41, 5.74) is 6.86. The van der Waals surface area contributed by atoms with Crippen LogP contribution in [0.25, 0.3) is 0 Å². The van der Waals surface area contributed by atoms with Crippen LogP contribution in [0.3, 0.4) is 0 Å². The molecule has 3 nitrogen and oxygen atoms in total. The molecule has 1 aliphatic rings. The van der Waals surface area contributed by atoms with Crippen LogP contribution in [0.2, 0.25) is 0 Å². The Hall–Kier alpha value is -0.430. The Labute approximate surface area is 130 Å². The van der Waals surface area contributed by atoms with Crippen molar-refractivity contribution in [2.75, 3.05) is 18.1 Å². The molecule has 5 heteroatoms. The van der Waals surface area contributed by atoms with Crippen molar-refractivity contribution in [3.05, 3.63) is 30.3 Å². The molecule has 0 heterocycles. The zero-order valence-corrected chi connectivity index (χ0v) is 13.7. The summed E-state index contributed by atoms with van der Waals surface area (Å²) in [4.78, 5) is 4.45. The van der Waals surface area contributed by atoms with Gasteiger partial charge in [-0.2, -0.15) is 11.8 Å². The Morgan fingerprint density at radius 1 is 1.39 bits per heavy atom. The zero-order valence-electron chi connectivity index (χ0n) is 10.6. The van der Waals surface area contributed by atoms with E-state index in [-0.39, 0.29) is 24.0 Å². The molecule has 1 aliphatic carbocycles. The van der Waals surface area contributed by atoms with E-state index in [0.717, 1.165) is 12.2 Å². The van der Waals surface area contributed by atoms with E-state index in [0.29, 0.717) is 10.7 Å². The summed E-state index contributed by atoms with van der Waals surface area (Å²) in [7, 11) is 0. The fraction of sp³-hybridized carbons (Fsp3) is 0.462. The Morgan fingerprint density at radius 2 is 2.06 bits per heavy atom. The lowest BCUT2D eigenvalue weighted by Crippen LogP contribution is -2.37. The number of nitrogens with two attached hydrogens (primary N) is 1. The number of nitrogens with one attached hydrogen (secondary N) is 1. The molecule has 3 N–H and O–H groups in total. The molecular formula is C13H20IN3S. The van der Waals surface area contributed by atoms with Crippen molar-refractivity contribution in [2.45, 2.75) is 24.0 Å². The van der Waals surface area contributed by atoms with Gasteiger partial charge < -0.3 is 11.1 Å². The summed E-state index contributed by atoms with van der Waals surface area (Å²) >= 11 is 1.92. The lowest BCUT2D eigenvalue weighted by molar-refractivity contribution is 0.372. The number of para-hydroxylation sites is 1. The first-order chi connectivity index (χ1) is 8.24. The molecule has 0 unspecified atom stereocenters. The number of guanidine groups is 1. The van der Waals surface area contributed by atoms with Crippen molar-refractivity contribution in [1.82, 2.24) is 0 Å². The quantitative estimate of drug-likeness (QED) is 0.481. The molecule has 0 amide bonds. The molecular weight excluding hydrogens is 357 g/mol. The van der Waals surface area contributed by atoms with E-state index in [4.69, 9.17) is 5.73 Å². The van der Waals surface area contributed by atoms with E-state index in [9.17, 15) is 0 Å². The van der Waals surface area contributed by atoms with Crippen molar-refractivity contribution >= 4 is 47.4 Å². The SMILES string of the molecule is CSC1(CN=C(N)Nc2ccccc2)CCC1.I. The van der Waals surface area contributed by atoms with Gasteiger partial charge in [0, 0.05) is 10.4 Å². The molecule has 1 aromatic carbocycles. The molecule has 2 rings (SSSR count). The topological polar surface area (TPSA) is 50.4 Å². The Morgan fingerprint density at radius 3 is 2.56 bits per heavy atom. The first kappa shape index (κ1) is 15.6. The fourth-order valence-electron chi connectivity index (χ4n) is 1.94. The van der Waals surface area contributed by atoms with Crippen molar-refractivity contribution in [3.8, 4) is 0 Å². The first-order valence-electron chi connectivity index (χ1n) is 5.91. The zero-order chi connectivity index (χ0) is 12.1. The normalized spacial score (nSPS) is 17.5. The number of rotatable bonds is 4. The van der Waals surface area contributed by atoms with Gasteiger partial charge in [-0.1, -0.05) is 24.6 Å². The average molecular weight is 377 g/mol. The van der Waals surface area contributed by atoms with Crippen LogP contribution < -0.4 is 11.1 Å². The minimum absolute atomic E-state index is 0. The smallest absolute Gasteiger partial charge is 0.193 e. The summed E-state index contributed by atoms with van der Waals surface area (Å²) < 4.78 is 0.350. The number of nitrogens with zero attached hydrogens (tertiary/aromatic N) is 1. The highest BCUT2D eigenvalue weighted by atomic mass is 127. The summed E-state index contributed by atoms with van der Waals surface area (Å²) in [6.45, 7) is 0.819. The van der Waals surface area contributed by atoms with E-state index in [1.807, 2.05) is 42.1 Å². The van der Waals surface area contributed by atoms with E-state index in [1.54, 1.807) is 0 Å². The third-order valence-electron chi connectivity index (χ3n) is 3.28. The number of aliphatic imine (C=N–C) groups is 1. The van der Waals surface area contributed by atoms with Gasteiger partial charge in [0.25, 0.3) is 0 Å². The number of halogens is 1. The minimum atomic E-state index is 0. The van der Waals surface area contributed by atoms with E-state index < -0.39 is 0 Å². The molecule has 0 aromatic heterocycles. The second kappa shape index (κ2) is 7.23. The molecule has 18 heavy (non-hydrogen) atoms. The van der Waals surface area contributed by atoms with E-state index in [2.05, 4.69) is 16.6 Å². The number of benzene rings is 1. The monoisotopic (exact) mass is 377 g/mol. The maximum Gasteiger partial charge on any atom is 0.193 e. The molecule has 1 fully saturated rings. The lowest BCUT2D eigenvalue weighted by atomic mass is 9.84. The summed E-state index contributed by atoms with van der Waals surface area (Å²) in [6, 6.07) is 9.90. The van der Waals surface area contributed by atoms with Gasteiger partial charge in [0.05, 0.1) is 6.54 Å². The van der Waals surface area contributed by atoms with Gasteiger partial charge in [0.1, 0.15) is 0 Å². The minimum Gasteiger partial charge on any atom is -0.370 e. The standard InChI is InChI=1S/C13H19N3S.HI/c1-17-13(8-5-9-13)10-15-12(14)16-11-6-3-2-4-7-11;/h2-4,6-7H,5,8-10H2,1H3,(H3,14,15,16);1H. The first-order valence-corrected chi connectivity index (χ1v) is 7.14. The van der Waals surface area contributed by atoms with Gasteiger partial charge in [0.15, 0.2) is 5.96 Å². The highest BCUT2D eigenvalue weighted by Crippen LogP contribution is 2.42. The largest absolute Gasteiger partial charge is 0.370 e. The van der Waals surface area contributed by atoms with Gasteiger partial charge in [-0.25, -0.2) is 0 Å². The lowest BCUT2D eigenvalue weighted by Gasteiger charge is -2.39. The van der Waals surface area contributed by atoms with Gasteiger partial charge in [-0.05, 0) is 31.2 Å². The third-order valence-corrected chi connectivity index (χ3v) is 4.68. The highest BCUT2D eigenvalue weighted by Gasteiger charge is 2.35. The van der Waals surface area contributed by atoms with Gasteiger partial charge in [-0.15, -0.1) is 24.0 Å². The molecule has 0 saturated heterocycles. The number of hydrogen-bond donors (Lipinski definition) is 2. The maximum absolute atomic E-state index is 5.88. The molecule has 100 valence electrons. The summed E-state index contributed by atoms with van der Waals surface area (Å²) in [5.74, 6) is 0.511. The van der Waals surface area contributed by atoms with Crippen LogP contribution in [0.15, 0.2) is 35.3 Å². The average Bonchev–Trinajstić information content (AvgIpc) is 2.29. The fourth-order valence-corrected chi connectivity index (χ4v) is 2.83. The van der Waals surface area contributed by atoms with Crippen LogP contribution in [0.4, 0.5) is 5.69 Å². The van der Waals surface area contributed by atoms with Gasteiger partial charge >= 0.3 is 0 Å². The van der Waals surface area contributed by atoms with E-state index >= 15 is 0 Å². The second-order valence-electron chi connectivity index (χ2n) is 4.43. The predicted molar refractivity (Wildman–Crippen MR) is 92.1 cm³/mol. The second-order valence-corrected chi connectivity index (χ2v) is 5.71. The van der Waals surface area contributed by atoms with Gasteiger partial charge in [-0.3, -0.25) is 4.99 Å². The summed E-state index contributed by atoms with van der Waals surface area (Å²) in [6.07, 6.45) is 6.00. The van der Waals surface area contributed by atoms with Crippen LogP contribution in [-0.4, -0.2) is 23.5 Å². The molecule has 0 aliphatic heterocycles. The van der Waals surface area contributed by atoms with Crippen LogP contribution in [-0.2, 0) is 0 Å². The summed E-state index contributed by atoms with van der Waals surface area (Å²) in [5, 5.41) is 3.11. The highest BCUT2D eigenvalue weighted by molar-refractivity contribution is 14.0. The van der Waals surface area contributed by atoms with Crippen molar-refractivity contribution in [2.24, 2.45) is 10.7 Å². The molecule has 1 saturated carbocycles. The Bertz CT molecular complexity index is 385. The third kappa shape index (κ3) is 4.05. The van der Waals surface area contributed by atoms with Crippen LogP contribution in [0, 0.1) is 0 Å². The molecule has 0 bridgehead atoms. The van der Waals surface area contributed by atoms with Crippen molar-refractivity contribution in [1.29, 1.82) is 0 Å². The Kier molecular flexibility index (Phi) is 6.28. The van der Waals surface area contributed by atoms with Crippen molar-refractivity contribution < 1.29 is 0 Å². The number of hydrogen-bond acceptors (Lipinski definition) is 2. The molecule has 1 aromatic rings. The van der Waals surface area contributed by atoms with E-state index in [1.165, 1.54) is 19.3 Å². The van der Waals surface area contributed by atoms with Crippen molar-refractivity contribution in [3.63, 3.8) is 0 Å². The van der Waals surface area contributed by atoms with Crippen LogP contribution in [0.5, 0.6) is 0 Å². The van der Waals surface area contributed by atoms with Crippen LogP contribution >= 0.6 is 35.7 Å². The van der Waals surface area contributed by atoms with Gasteiger partial charge in [0.2, 0.25) is 0 Å². The van der Waals surface area contributed by atoms with Crippen LogP contribution in [0.1, 0.15) is 19.3 Å². The molecule has 0 atom stereocenters. The predicted octanol–water partition coefficient (Wildman–Crippen LogP) is 3.32. The Balaban J connectivity index is 0.00000162. The molecule has 0 radical (unpaired) electrons. The number of thioether (sulfide) groups is 1. The molecule has 0 spiro atoms.